The summed E-state index contributed by atoms with van der Waals surface area (Å²) < 4.78 is 14.0. The number of aryl methyl sites for hydroxylation is 1. The molecule has 1 aromatic carbocycles. The summed E-state index contributed by atoms with van der Waals surface area (Å²) in [6, 6.07) is 5.03. The number of nitrogens with one attached hydrogen (secondary N) is 2. The van der Waals surface area contributed by atoms with Crippen molar-refractivity contribution in [1.82, 2.24) is 15.6 Å². The van der Waals surface area contributed by atoms with Gasteiger partial charge in [0.2, 0.25) is 0 Å². The van der Waals surface area contributed by atoms with E-state index in [1.165, 1.54) is 10.9 Å². The molecule has 4 nitrogen and oxygen atoms in total. The summed E-state index contributed by atoms with van der Waals surface area (Å²) in [5.74, 6) is 0.419. The van der Waals surface area contributed by atoms with E-state index in [1.54, 1.807) is 17.4 Å². The number of thiazole rings is 1. The summed E-state index contributed by atoms with van der Waals surface area (Å²) in [5, 5.41) is 7.41. The zero-order valence-electron chi connectivity index (χ0n) is 12.9. The fourth-order valence-corrected chi connectivity index (χ4v) is 2.77. The van der Waals surface area contributed by atoms with Crippen molar-refractivity contribution in [2.45, 2.75) is 26.9 Å². The standard InChI is InChI=1S/C15H18BrFN4S.HI/c1-3-18-15(21-9-14-19-7-10(2)22-14)20-8-11-4-5-12(16)13(17)6-11;/h4-7H,3,8-9H2,1-2H3,(H2,18,20,21);1H. The minimum atomic E-state index is -0.274. The Kier molecular flexibility index (Phi) is 9.00. The van der Waals surface area contributed by atoms with Gasteiger partial charge in [0, 0.05) is 17.6 Å². The maximum Gasteiger partial charge on any atom is 0.191 e. The zero-order chi connectivity index (χ0) is 15.9. The lowest BCUT2D eigenvalue weighted by atomic mass is 10.2. The van der Waals surface area contributed by atoms with Gasteiger partial charge in [0.05, 0.1) is 17.6 Å². The van der Waals surface area contributed by atoms with Crippen LogP contribution in [0.15, 0.2) is 33.9 Å². The molecule has 0 fully saturated rings. The van der Waals surface area contributed by atoms with Crippen molar-refractivity contribution in [3.05, 3.63) is 50.1 Å². The van der Waals surface area contributed by atoms with E-state index in [9.17, 15) is 4.39 Å². The molecule has 0 atom stereocenters. The van der Waals surface area contributed by atoms with E-state index in [0.29, 0.717) is 23.5 Å². The number of aromatic nitrogens is 1. The van der Waals surface area contributed by atoms with Gasteiger partial charge < -0.3 is 10.6 Å². The molecule has 8 heteroatoms. The number of nitrogens with zero attached hydrogens (tertiary/aromatic N) is 2. The van der Waals surface area contributed by atoms with Crippen LogP contribution in [0.3, 0.4) is 0 Å². The topological polar surface area (TPSA) is 49.3 Å². The van der Waals surface area contributed by atoms with Gasteiger partial charge in [-0.2, -0.15) is 0 Å². The molecule has 0 saturated carbocycles. The van der Waals surface area contributed by atoms with Gasteiger partial charge >= 0.3 is 0 Å². The molecule has 0 aliphatic carbocycles. The number of aliphatic imine (C=N–C) groups is 1. The Labute approximate surface area is 165 Å². The molecule has 1 aromatic heterocycles. The molecule has 0 unspecified atom stereocenters. The van der Waals surface area contributed by atoms with Crippen LogP contribution in [0.25, 0.3) is 0 Å². The Morgan fingerprint density at radius 1 is 1.39 bits per heavy atom. The van der Waals surface area contributed by atoms with Crippen molar-refractivity contribution in [2.24, 2.45) is 4.99 Å². The van der Waals surface area contributed by atoms with E-state index in [4.69, 9.17) is 0 Å². The van der Waals surface area contributed by atoms with Gasteiger partial charge in [-0.3, -0.25) is 0 Å². The summed E-state index contributed by atoms with van der Waals surface area (Å²) in [7, 11) is 0. The smallest absolute Gasteiger partial charge is 0.191 e. The second-order valence-corrected chi connectivity index (χ2v) is 6.84. The zero-order valence-corrected chi connectivity index (χ0v) is 17.6. The van der Waals surface area contributed by atoms with E-state index in [0.717, 1.165) is 17.1 Å². The molecule has 2 aromatic rings. The molecule has 23 heavy (non-hydrogen) atoms. The van der Waals surface area contributed by atoms with E-state index >= 15 is 0 Å². The molecule has 0 bridgehead atoms. The Hall–Kier alpha value is -0.740. The molecule has 2 rings (SSSR count). The molecule has 0 amide bonds. The van der Waals surface area contributed by atoms with E-state index in [2.05, 4.69) is 36.5 Å². The Morgan fingerprint density at radius 3 is 2.78 bits per heavy atom. The highest BCUT2D eigenvalue weighted by atomic mass is 127. The van der Waals surface area contributed by atoms with Gasteiger partial charge in [-0.15, -0.1) is 35.3 Å². The maximum absolute atomic E-state index is 13.5. The summed E-state index contributed by atoms with van der Waals surface area (Å²) in [6.45, 7) is 5.83. The van der Waals surface area contributed by atoms with Crippen LogP contribution >= 0.6 is 51.2 Å². The fraction of sp³-hybridized carbons (Fsp3) is 0.333. The van der Waals surface area contributed by atoms with E-state index in [-0.39, 0.29) is 29.8 Å². The van der Waals surface area contributed by atoms with Gasteiger partial charge in [0.15, 0.2) is 5.96 Å². The number of guanidine groups is 1. The van der Waals surface area contributed by atoms with Crippen LogP contribution in [-0.4, -0.2) is 17.5 Å². The van der Waals surface area contributed by atoms with Crippen molar-refractivity contribution in [1.29, 1.82) is 0 Å². The first-order valence-corrected chi connectivity index (χ1v) is 8.57. The van der Waals surface area contributed by atoms with Crippen molar-refractivity contribution in [3.8, 4) is 0 Å². The predicted octanol–water partition coefficient (Wildman–Crippen LogP) is 4.23. The Morgan fingerprint density at radius 2 is 2.17 bits per heavy atom. The van der Waals surface area contributed by atoms with Crippen LogP contribution in [0.2, 0.25) is 0 Å². The molecule has 0 aliphatic heterocycles. The Bertz CT molecular complexity index is 663. The average molecular weight is 513 g/mol. The first-order chi connectivity index (χ1) is 10.6. The second kappa shape index (κ2) is 10.2. The number of rotatable bonds is 5. The number of benzene rings is 1. The quantitative estimate of drug-likeness (QED) is 0.358. The third-order valence-corrected chi connectivity index (χ3v) is 4.38. The predicted molar refractivity (Wildman–Crippen MR) is 108 cm³/mol. The van der Waals surface area contributed by atoms with Crippen molar-refractivity contribution in [3.63, 3.8) is 0 Å². The highest BCUT2D eigenvalue weighted by Gasteiger charge is 2.03. The minimum absolute atomic E-state index is 0. The van der Waals surface area contributed by atoms with Crippen LogP contribution in [0.4, 0.5) is 4.39 Å². The molecular weight excluding hydrogens is 494 g/mol. The molecule has 0 saturated heterocycles. The first-order valence-electron chi connectivity index (χ1n) is 6.96. The van der Waals surface area contributed by atoms with Gasteiger partial charge in [-0.05, 0) is 47.5 Å². The van der Waals surface area contributed by atoms with E-state index in [1.807, 2.05) is 26.1 Å². The van der Waals surface area contributed by atoms with Crippen LogP contribution in [0, 0.1) is 12.7 Å². The number of hydrogen-bond acceptors (Lipinski definition) is 3. The highest BCUT2D eigenvalue weighted by Crippen LogP contribution is 2.16. The minimum Gasteiger partial charge on any atom is -0.357 e. The molecule has 0 aliphatic rings. The molecule has 1 heterocycles. The molecule has 0 radical (unpaired) electrons. The second-order valence-electron chi connectivity index (χ2n) is 4.66. The molecular formula is C15H19BrFIN4S. The average Bonchev–Trinajstić information content (AvgIpc) is 2.91. The third kappa shape index (κ3) is 6.72. The van der Waals surface area contributed by atoms with Gasteiger partial charge in [-0.25, -0.2) is 14.4 Å². The van der Waals surface area contributed by atoms with Gasteiger partial charge in [-0.1, -0.05) is 6.07 Å². The Balaban J connectivity index is 0.00000264. The fourth-order valence-electron chi connectivity index (χ4n) is 1.79. The largest absolute Gasteiger partial charge is 0.357 e. The van der Waals surface area contributed by atoms with Crippen molar-refractivity contribution >= 4 is 57.2 Å². The molecule has 2 N–H and O–H groups in total. The summed E-state index contributed by atoms with van der Waals surface area (Å²) >= 11 is 4.80. The molecule has 0 spiro atoms. The van der Waals surface area contributed by atoms with E-state index < -0.39 is 0 Å². The van der Waals surface area contributed by atoms with Crippen LogP contribution in [0.1, 0.15) is 22.4 Å². The lowest BCUT2D eigenvalue weighted by Crippen LogP contribution is -2.36. The van der Waals surface area contributed by atoms with Crippen molar-refractivity contribution < 1.29 is 4.39 Å². The first kappa shape index (κ1) is 20.3. The number of halogens is 3. The van der Waals surface area contributed by atoms with Crippen LogP contribution in [-0.2, 0) is 13.1 Å². The number of hydrogen-bond donors (Lipinski definition) is 2. The summed E-state index contributed by atoms with van der Waals surface area (Å²) in [6.07, 6.45) is 1.86. The van der Waals surface area contributed by atoms with Crippen LogP contribution in [0.5, 0.6) is 0 Å². The summed E-state index contributed by atoms with van der Waals surface area (Å²) in [5.41, 5.74) is 0.822. The SMILES string of the molecule is CCNC(=NCc1ccc(Br)c(F)c1)NCc1ncc(C)s1.I. The normalized spacial score (nSPS) is 11.0. The molecule has 126 valence electrons. The van der Waals surface area contributed by atoms with Crippen LogP contribution < -0.4 is 10.6 Å². The van der Waals surface area contributed by atoms with Crippen molar-refractivity contribution in [2.75, 3.05) is 6.54 Å². The lowest BCUT2D eigenvalue weighted by Gasteiger charge is -2.10. The third-order valence-electron chi connectivity index (χ3n) is 2.82. The summed E-state index contributed by atoms with van der Waals surface area (Å²) in [4.78, 5) is 9.96. The lowest BCUT2D eigenvalue weighted by molar-refractivity contribution is 0.618. The maximum atomic E-state index is 13.5. The van der Waals surface area contributed by atoms with Gasteiger partial charge in [0.25, 0.3) is 0 Å². The van der Waals surface area contributed by atoms with Gasteiger partial charge in [0.1, 0.15) is 10.8 Å². The monoisotopic (exact) mass is 512 g/mol. The highest BCUT2D eigenvalue weighted by molar-refractivity contribution is 14.0.